The third kappa shape index (κ3) is 4.90. The molecular formula is C14H22N2O4. The highest BCUT2D eigenvalue weighted by molar-refractivity contribution is 5.86. The van der Waals surface area contributed by atoms with Gasteiger partial charge in [-0.1, -0.05) is 30.3 Å². The lowest BCUT2D eigenvalue weighted by Gasteiger charge is -2.26. The number of ether oxygens (including phenoxy) is 3. The van der Waals surface area contributed by atoms with Crippen LogP contribution >= 0.6 is 0 Å². The summed E-state index contributed by atoms with van der Waals surface area (Å²) in [6.07, 6.45) is 0. The van der Waals surface area contributed by atoms with Crippen molar-refractivity contribution in [1.82, 2.24) is 0 Å². The van der Waals surface area contributed by atoms with Gasteiger partial charge in [-0.15, -0.1) is 0 Å². The van der Waals surface area contributed by atoms with Gasteiger partial charge in [0.1, 0.15) is 5.54 Å². The first kappa shape index (κ1) is 16.6. The molecule has 0 radical (unpaired) electrons. The Labute approximate surface area is 119 Å². The second-order valence-electron chi connectivity index (χ2n) is 4.36. The van der Waals surface area contributed by atoms with Gasteiger partial charge in [0, 0.05) is 7.11 Å². The average molecular weight is 282 g/mol. The van der Waals surface area contributed by atoms with Crippen LogP contribution in [0.2, 0.25) is 0 Å². The minimum Gasteiger partial charge on any atom is -0.382 e. The molecule has 0 saturated carbocycles. The van der Waals surface area contributed by atoms with Crippen LogP contribution in [0.15, 0.2) is 30.3 Å². The molecule has 112 valence electrons. The lowest BCUT2D eigenvalue weighted by molar-refractivity contribution is -0.126. The van der Waals surface area contributed by atoms with Crippen LogP contribution in [0, 0.1) is 0 Å². The molecule has 1 amide bonds. The van der Waals surface area contributed by atoms with E-state index in [1.165, 1.54) is 0 Å². The smallest absolute Gasteiger partial charge is 0.244 e. The van der Waals surface area contributed by atoms with Crippen LogP contribution in [-0.2, 0) is 24.5 Å². The minimum absolute atomic E-state index is 0.0139. The highest BCUT2D eigenvalue weighted by atomic mass is 16.5. The Kier molecular flexibility index (Phi) is 7.17. The van der Waals surface area contributed by atoms with Crippen molar-refractivity contribution in [1.29, 1.82) is 0 Å². The van der Waals surface area contributed by atoms with Gasteiger partial charge in [-0.25, -0.2) is 0 Å². The summed E-state index contributed by atoms with van der Waals surface area (Å²) in [6.45, 7) is 1.80. The first-order valence-corrected chi connectivity index (χ1v) is 6.40. The van der Waals surface area contributed by atoms with Crippen LogP contribution in [0.25, 0.3) is 0 Å². The monoisotopic (exact) mass is 282 g/mol. The van der Waals surface area contributed by atoms with Gasteiger partial charge in [0.2, 0.25) is 5.91 Å². The van der Waals surface area contributed by atoms with E-state index in [1.54, 1.807) is 31.4 Å². The first-order chi connectivity index (χ1) is 9.61. The molecule has 6 nitrogen and oxygen atoms in total. The SMILES string of the molecule is COCCOCCOCC(N)(C(N)=O)c1ccccc1. The lowest BCUT2D eigenvalue weighted by atomic mass is 9.91. The maximum absolute atomic E-state index is 11.6. The van der Waals surface area contributed by atoms with Crippen molar-refractivity contribution in [2.24, 2.45) is 11.5 Å². The van der Waals surface area contributed by atoms with Crippen LogP contribution in [0.5, 0.6) is 0 Å². The molecule has 1 aromatic rings. The molecule has 0 aliphatic rings. The summed E-state index contributed by atoms with van der Waals surface area (Å²) in [6, 6.07) is 8.95. The van der Waals surface area contributed by atoms with E-state index >= 15 is 0 Å². The summed E-state index contributed by atoms with van der Waals surface area (Å²) in [7, 11) is 1.61. The maximum Gasteiger partial charge on any atom is 0.244 e. The van der Waals surface area contributed by atoms with Gasteiger partial charge >= 0.3 is 0 Å². The molecule has 4 N–H and O–H groups in total. The molecule has 1 aromatic carbocycles. The third-order valence-electron chi connectivity index (χ3n) is 2.86. The lowest BCUT2D eigenvalue weighted by Crippen LogP contribution is -2.52. The van der Waals surface area contributed by atoms with Gasteiger partial charge in [0.15, 0.2) is 0 Å². The molecule has 0 bridgehead atoms. The summed E-state index contributed by atoms with van der Waals surface area (Å²) in [5.41, 5.74) is 10.8. The third-order valence-corrected chi connectivity index (χ3v) is 2.86. The molecule has 0 heterocycles. The van der Waals surface area contributed by atoms with Crippen LogP contribution in [-0.4, -0.2) is 46.1 Å². The van der Waals surface area contributed by atoms with Crippen molar-refractivity contribution >= 4 is 5.91 Å². The number of benzene rings is 1. The Morgan fingerprint density at radius 2 is 1.70 bits per heavy atom. The number of nitrogens with two attached hydrogens (primary N) is 2. The number of rotatable bonds is 10. The Hall–Kier alpha value is -1.47. The van der Waals surface area contributed by atoms with Gasteiger partial charge in [0.05, 0.1) is 33.0 Å². The number of primary amides is 1. The van der Waals surface area contributed by atoms with Gasteiger partial charge in [-0.05, 0) is 5.56 Å². The summed E-state index contributed by atoms with van der Waals surface area (Å²) in [5.74, 6) is -0.621. The van der Waals surface area contributed by atoms with Crippen LogP contribution < -0.4 is 11.5 Å². The molecule has 0 saturated heterocycles. The minimum atomic E-state index is -1.33. The number of carbonyl (C=O) groups is 1. The molecule has 20 heavy (non-hydrogen) atoms. The number of carbonyl (C=O) groups excluding carboxylic acids is 1. The molecule has 6 heteroatoms. The van der Waals surface area contributed by atoms with Crippen molar-refractivity contribution in [3.05, 3.63) is 35.9 Å². The van der Waals surface area contributed by atoms with Crippen molar-refractivity contribution in [2.75, 3.05) is 40.1 Å². The fourth-order valence-corrected chi connectivity index (χ4v) is 1.63. The summed E-state index contributed by atoms with van der Waals surface area (Å²) < 4.78 is 15.5. The topological polar surface area (TPSA) is 96.8 Å². The predicted octanol–water partition coefficient (Wildman–Crippen LogP) is 0.00550. The zero-order valence-electron chi connectivity index (χ0n) is 11.7. The predicted molar refractivity (Wildman–Crippen MR) is 75.0 cm³/mol. The summed E-state index contributed by atoms with van der Waals surface area (Å²) in [5, 5.41) is 0. The normalized spacial score (nSPS) is 13.9. The quantitative estimate of drug-likeness (QED) is 0.589. The highest BCUT2D eigenvalue weighted by Gasteiger charge is 2.34. The van der Waals surface area contributed by atoms with E-state index in [-0.39, 0.29) is 6.61 Å². The Morgan fingerprint density at radius 3 is 2.30 bits per heavy atom. The average Bonchev–Trinajstić information content (AvgIpc) is 2.46. The van der Waals surface area contributed by atoms with Crippen molar-refractivity contribution in [3.63, 3.8) is 0 Å². The fraction of sp³-hybridized carbons (Fsp3) is 0.500. The molecule has 1 unspecified atom stereocenters. The second-order valence-corrected chi connectivity index (χ2v) is 4.36. The fourth-order valence-electron chi connectivity index (χ4n) is 1.63. The Balaban J connectivity index is 2.43. The van der Waals surface area contributed by atoms with E-state index in [0.717, 1.165) is 0 Å². The molecule has 0 fully saturated rings. The molecular weight excluding hydrogens is 260 g/mol. The number of amides is 1. The molecule has 1 atom stereocenters. The van der Waals surface area contributed by atoms with E-state index in [9.17, 15) is 4.79 Å². The summed E-state index contributed by atoms with van der Waals surface area (Å²) >= 11 is 0. The standard InChI is InChI=1S/C14H22N2O4/c1-18-7-8-19-9-10-20-11-14(16,13(15)17)12-5-3-2-4-6-12/h2-6H,7-11,16H2,1H3,(H2,15,17). The van der Waals surface area contributed by atoms with E-state index in [1.807, 2.05) is 6.07 Å². The number of methoxy groups -OCH3 is 1. The van der Waals surface area contributed by atoms with E-state index < -0.39 is 11.4 Å². The van der Waals surface area contributed by atoms with Crippen LogP contribution in [0.3, 0.4) is 0 Å². The van der Waals surface area contributed by atoms with E-state index in [4.69, 9.17) is 25.7 Å². The molecule has 1 rings (SSSR count). The molecule has 0 aliphatic carbocycles. The number of hydrogen-bond acceptors (Lipinski definition) is 5. The first-order valence-electron chi connectivity index (χ1n) is 6.40. The van der Waals surface area contributed by atoms with Gasteiger partial charge in [0.25, 0.3) is 0 Å². The molecule has 0 aliphatic heterocycles. The highest BCUT2D eigenvalue weighted by Crippen LogP contribution is 2.18. The van der Waals surface area contributed by atoms with E-state index in [2.05, 4.69) is 0 Å². The zero-order valence-corrected chi connectivity index (χ0v) is 11.7. The van der Waals surface area contributed by atoms with Crippen LogP contribution in [0.4, 0.5) is 0 Å². The van der Waals surface area contributed by atoms with Crippen LogP contribution in [0.1, 0.15) is 5.56 Å². The largest absolute Gasteiger partial charge is 0.382 e. The number of hydrogen-bond donors (Lipinski definition) is 2. The van der Waals surface area contributed by atoms with Gasteiger partial charge < -0.3 is 25.7 Å². The van der Waals surface area contributed by atoms with Crippen molar-refractivity contribution in [3.8, 4) is 0 Å². The molecule has 0 spiro atoms. The molecule has 0 aromatic heterocycles. The van der Waals surface area contributed by atoms with Gasteiger partial charge in [-0.3, -0.25) is 4.79 Å². The van der Waals surface area contributed by atoms with E-state index in [0.29, 0.717) is 32.0 Å². The second kappa shape index (κ2) is 8.65. The van der Waals surface area contributed by atoms with Gasteiger partial charge in [-0.2, -0.15) is 0 Å². The van der Waals surface area contributed by atoms with Crippen molar-refractivity contribution in [2.45, 2.75) is 5.54 Å². The summed E-state index contributed by atoms with van der Waals surface area (Å²) in [4.78, 5) is 11.6. The van der Waals surface area contributed by atoms with Crippen molar-refractivity contribution < 1.29 is 19.0 Å². The Bertz CT molecular complexity index is 399. The Morgan fingerprint density at radius 1 is 1.10 bits per heavy atom. The maximum atomic E-state index is 11.6. The zero-order chi connectivity index (χ0) is 14.8.